The van der Waals surface area contributed by atoms with E-state index in [1.165, 1.54) is 12.1 Å². The van der Waals surface area contributed by atoms with Gasteiger partial charge in [0, 0.05) is 4.90 Å². The average molecular weight is 497 g/mol. The quantitative estimate of drug-likeness (QED) is 0.219. The van der Waals surface area contributed by atoms with Crippen molar-refractivity contribution in [1.29, 1.82) is 0 Å². The van der Waals surface area contributed by atoms with Crippen LogP contribution in [0.3, 0.4) is 0 Å². The van der Waals surface area contributed by atoms with Crippen LogP contribution in [0.15, 0.2) is 47.4 Å². The van der Waals surface area contributed by atoms with Gasteiger partial charge >= 0.3 is 6.72 Å². The summed E-state index contributed by atoms with van der Waals surface area (Å²) < 4.78 is 25.2. The minimum absolute atomic E-state index is 0.00593. The van der Waals surface area contributed by atoms with Crippen molar-refractivity contribution >= 4 is 59.2 Å². The number of benzene rings is 2. The summed E-state index contributed by atoms with van der Waals surface area (Å²) in [7, 11) is 0. The highest BCUT2D eigenvalue weighted by Crippen LogP contribution is 2.61. The fourth-order valence-electron chi connectivity index (χ4n) is 2.13. The fourth-order valence-corrected chi connectivity index (χ4v) is 7.23. The number of hydrogen-bond acceptors (Lipinski definition) is 5. The molecule has 0 aromatic heterocycles. The normalized spacial score (nSPS) is 15.6. The summed E-state index contributed by atoms with van der Waals surface area (Å²) in [6.45, 7) is 1.52. The summed E-state index contributed by atoms with van der Waals surface area (Å²) in [5, 5.41) is 3.63. The van der Waals surface area contributed by atoms with Crippen molar-refractivity contribution < 1.29 is 18.6 Å². The van der Waals surface area contributed by atoms with Gasteiger partial charge in [-0.1, -0.05) is 53.0 Å². The molecule has 0 aliphatic heterocycles. The van der Waals surface area contributed by atoms with Gasteiger partial charge in [0.15, 0.2) is 0 Å². The van der Waals surface area contributed by atoms with Crippen LogP contribution < -0.4 is 9.61 Å². The number of ether oxygens (including phenoxy) is 1. The topological polar surface area (TPSA) is 64.6 Å². The predicted octanol–water partition coefficient (Wildman–Crippen LogP) is 6.90. The van der Waals surface area contributed by atoms with E-state index >= 15 is 0 Å². The highest BCUT2D eigenvalue weighted by Gasteiger charge is 2.38. The van der Waals surface area contributed by atoms with E-state index in [4.69, 9.17) is 44.1 Å². The van der Waals surface area contributed by atoms with Gasteiger partial charge in [0.25, 0.3) is 0 Å². The zero-order valence-electron chi connectivity index (χ0n) is 16.0. The molecular formula is C19H21Cl3NO4PS. The van der Waals surface area contributed by atoms with Gasteiger partial charge in [-0.2, -0.15) is 0 Å². The number of carbonyl (C=O) groups excluding carboxylic acids is 1. The number of aldehydes is 1. The number of rotatable bonds is 10. The molecule has 2 atom stereocenters. The molecule has 1 N–H and O–H groups in total. The summed E-state index contributed by atoms with van der Waals surface area (Å²) in [4.78, 5) is 12.2. The van der Waals surface area contributed by atoms with Gasteiger partial charge < -0.3 is 14.1 Å². The second-order valence-corrected chi connectivity index (χ2v) is 11.9. The maximum Gasteiger partial charge on any atom is 0.379 e. The maximum absolute atomic E-state index is 13.8. The molecule has 0 aliphatic carbocycles. The van der Waals surface area contributed by atoms with Crippen LogP contribution in [-0.4, -0.2) is 24.5 Å². The third kappa shape index (κ3) is 7.48. The molecule has 0 heterocycles. The minimum atomic E-state index is -3.75. The molecule has 29 heavy (non-hydrogen) atoms. The number of para-hydroxylation sites is 1. The maximum atomic E-state index is 13.8. The minimum Gasteiger partial charge on any atom is -0.425 e. The first kappa shape index (κ1) is 24.5. The summed E-state index contributed by atoms with van der Waals surface area (Å²) in [6.07, 6.45) is 0.538. The Balaban J connectivity index is 2.39. The summed E-state index contributed by atoms with van der Waals surface area (Å²) >= 11 is 19.2. The zero-order chi connectivity index (χ0) is 21.7. The molecule has 2 unspecified atom stereocenters. The second-order valence-electron chi connectivity index (χ2n) is 6.70. The summed E-state index contributed by atoms with van der Waals surface area (Å²) in [5.41, 5.74) is -1.26. The van der Waals surface area contributed by atoms with Gasteiger partial charge in [-0.3, -0.25) is 0 Å². The van der Waals surface area contributed by atoms with Crippen molar-refractivity contribution in [1.82, 2.24) is 5.09 Å². The molecule has 2 aromatic rings. The molecule has 0 saturated heterocycles. The van der Waals surface area contributed by atoms with E-state index in [-0.39, 0.29) is 27.8 Å². The van der Waals surface area contributed by atoms with Crippen LogP contribution in [-0.2, 0) is 14.1 Å². The van der Waals surface area contributed by atoms with Gasteiger partial charge in [0.2, 0.25) is 0 Å². The Morgan fingerprint density at radius 2 is 1.76 bits per heavy atom. The number of hydrogen-bond donors (Lipinski definition) is 1. The highest BCUT2D eigenvalue weighted by molar-refractivity contribution is 8.56. The molecule has 5 nitrogen and oxygen atoms in total. The van der Waals surface area contributed by atoms with Crippen LogP contribution in [0.1, 0.15) is 20.8 Å². The van der Waals surface area contributed by atoms with E-state index in [2.05, 4.69) is 5.09 Å². The molecular weight excluding hydrogens is 476 g/mol. The van der Waals surface area contributed by atoms with E-state index in [1.54, 1.807) is 37.3 Å². The lowest BCUT2D eigenvalue weighted by molar-refractivity contribution is -0.115. The molecule has 158 valence electrons. The van der Waals surface area contributed by atoms with Gasteiger partial charge in [0.1, 0.15) is 17.6 Å². The predicted molar refractivity (Wildman–Crippen MR) is 121 cm³/mol. The summed E-state index contributed by atoms with van der Waals surface area (Å²) in [6, 6.07) is 11.6. The van der Waals surface area contributed by atoms with Crippen molar-refractivity contribution in [3.8, 4) is 5.75 Å². The van der Waals surface area contributed by atoms with Crippen LogP contribution in [0.25, 0.3) is 0 Å². The van der Waals surface area contributed by atoms with E-state index in [9.17, 15) is 9.36 Å². The first-order valence-corrected chi connectivity index (χ1v) is 12.8. The molecule has 0 bridgehead atoms. The van der Waals surface area contributed by atoms with E-state index in [0.717, 1.165) is 11.4 Å². The zero-order valence-corrected chi connectivity index (χ0v) is 20.0. The van der Waals surface area contributed by atoms with E-state index in [0.29, 0.717) is 16.9 Å². The number of nitrogens with one attached hydrogen (secondary N) is 1. The van der Waals surface area contributed by atoms with Gasteiger partial charge in [-0.05, 0) is 56.4 Å². The average Bonchev–Trinajstić information content (AvgIpc) is 2.65. The molecule has 0 saturated carbocycles. The van der Waals surface area contributed by atoms with Crippen LogP contribution in [0, 0.1) is 0 Å². The van der Waals surface area contributed by atoms with Crippen LogP contribution in [0.4, 0.5) is 0 Å². The van der Waals surface area contributed by atoms with E-state index < -0.39 is 12.3 Å². The lowest BCUT2D eigenvalue weighted by Crippen LogP contribution is -2.47. The van der Waals surface area contributed by atoms with Gasteiger partial charge in [0.05, 0.1) is 27.8 Å². The lowest BCUT2D eigenvalue weighted by atomic mass is 10.1. The monoisotopic (exact) mass is 495 g/mol. The summed E-state index contributed by atoms with van der Waals surface area (Å²) in [5.74, 6) is 0.366. The fraction of sp³-hybridized carbons (Fsp3) is 0.316. The molecule has 0 fully saturated rings. The third-order valence-electron chi connectivity index (χ3n) is 3.53. The molecule has 0 radical (unpaired) electrons. The standard InChI is InChI=1S/C19H21Cl3NO4PS/c1-13(2)26-12-19(3,11-24)23-28(25,27-14-7-5-4-6-8-14)29-18-10-16(21)15(20)9-17(18)22/h4-11,13H,12H2,1-3H3,(H,23,25). The van der Waals surface area contributed by atoms with Crippen molar-refractivity contribution in [3.05, 3.63) is 57.5 Å². The molecule has 0 amide bonds. The Labute approximate surface area is 189 Å². The van der Waals surface area contributed by atoms with Gasteiger partial charge in [-0.25, -0.2) is 9.65 Å². The molecule has 10 heteroatoms. The SMILES string of the molecule is CC(C)OCC(C)(C=O)NP(=O)(Oc1ccccc1)Sc1cc(Cl)c(Cl)cc1Cl. The van der Waals surface area contributed by atoms with Crippen LogP contribution in [0.2, 0.25) is 15.1 Å². The lowest BCUT2D eigenvalue weighted by Gasteiger charge is -2.30. The third-order valence-corrected chi connectivity index (χ3v) is 8.50. The Kier molecular flexibility index (Phi) is 8.92. The van der Waals surface area contributed by atoms with Crippen molar-refractivity contribution in [3.63, 3.8) is 0 Å². The molecule has 0 aliphatic rings. The highest BCUT2D eigenvalue weighted by atomic mass is 35.5. The first-order valence-electron chi connectivity index (χ1n) is 8.62. The van der Waals surface area contributed by atoms with Crippen molar-refractivity contribution in [2.45, 2.75) is 37.3 Å². The molecule has 2 rings (SSSR count). The van der Waals surface area contributed by atoms with Crippen molar-refractivity contribution in [2.24, 2.45) is 0 Å². The first-order chi connectivity index (χ1) is 13.6. The van der Waals surface area contributed by atoms with Gasteiger partial charge in [-0.15, -0.1) is 0 Å². The Morgan fingerprint density at radius 3 is 2.34 bits per heavy atom. The van der Waals surface area contributed by atoms with Crippen LogP contribution in [0.5, 0.6) is 5.75 Å². The van der Waals surface area contributed by atoms with Crippen molar-refractivity contribution in [2.75, 3.05) is 6.61 Å². The Morgan fingerprint density at radius 1 is 1.14 bits per heavy atom. The largest absolute Gasteiger partial charge is 0.425 e. The molecule has 0 spiro atoms. The Hall–Kier alpha value is -0.720. The molecule has 2 aromatic carbocycles. The number of carbonyl (C=O) groups is 1. The van der Waals surface area contributed by atoms with E-state index in [1.807, 2.05) is 13.8 Å². The Bertz CT molecular complexity index is 901. The smallest absolute Gasteiger partial charge is 0.379 e. The second kappa shape index (κ2) is 10.5. The number of halogens is 3. The van der Waals surface area contributed by atoms with Crippen LogP contribution >= 0.6 is 52.9 Å².